The predicted molar refractivity (Wildman–Crippen MR) is 191 cm³/mol. The molecule has 2 atom stereocenters. The third kappa shape index (κ3) is 10.4. The number of sulfone groups is 1. The van der Waals surface area contributed by atoms with Crippen LogP contribution in [0.1, 0.15) is 64.2 Å². The van der Waals surface area contributed by atoms with Crippen molar-refractivity contribution in [2.45, 2.75) is 98.3 Å². The van der Waals surface area contributed by atoms with Crippen LogP contribution in [-0.2, 0) is 9.84 Å². The molecule has 0 radical (unpaired) electrons. The zero-order valence-electron chi connectivity index (χ0n) is 29.2. The summed E-state index contributed by atoms with van der Waals surface area (Å²) in [6, 6.07) is 14.2. The van der Waals surface area contributed by atoms with Crippen LogP contribution in [0.25, 0.3) is 0 Å². The highest BCUT2D eigenvalue weighted by Crippen LogP contribution is 2.27. The highest BCUT2D eigenvalue weighted by molar-refractivity contribution is 7.91. The summed E-state index contributed by atoms with van der Waals surface area (Å²) in [5.74, 6) is 1.04. The van der Waals surface area contributed by atoms with Gasteiger partial charge in [-0.2, -0.15) is 0 Å². The molecule has 0 bridgehead atoms. The number of nitrogens with zero attached hydrogens (tertiary/aromatic N) is 4. The smallest absolute Gasteiger partial charge is 0.206 e. The molecule has 4 fully saturated rings. The number of β-amino-alcohol motifs (C(OH)–C–C–N with tert-alkyl or cyclic N) is 2. The standard InChI is InChI=1S/C38H58N4O6S/c43-33(27-39-19-23-41(24-20-39)31-7-3-1-4-8-31)29-47-35-11-15-37(16-12-35)49(45,46)38-17-13-36(14-18-38)48-30-34(44)28-40-21-25-42(26-22-40)32-9-5-2-6-10-32/h11-18,31-34,43-44H,1-10,19-30H2/t33-,34-/m1/s1. The Kier molecular flexibility index (Phi) is 13.3. The maximum absolute atomic E-state index is 13.3. The molecule has 49 heavy (non-hydrogen) atoms. The van der Waals surface area contributed by atoms with E-state index in [0.717, 1.165) is 64.4 Å². The van der Waals surface area contributed by atoms with Crippen molar-refractivity contribution < 1.29 is 28.1 Å². The molecule has 2 aromatic carbocycles. The van der Waals surface area contributed by atoms with E-state index in [2.05, 4.69) is 19.6 Å². The minimum atomic E-state index is -3.73. The third-order valence-corrected chi connectivity index (χ3v) is 12.9. The first-order valence-corrected chi connectivity index (χ1v) is 20.3. The molecule has 0 aromatic heterocycles. The minimum absolute atomic E-state index is 0.155. The largest absolute Gasteiger partial charge is 0.491 e. The molecule has 2 N–H and O–H groups in total. The van der Waals surface area contributed by atoms with Crippen molar-refractivity contribution in [3.8, 4) is 11.5 Å². The summed E-state index contributed by atoms with van der Waals surface area (Å²) in [6.45, 7) is 9.56. The molecule has 0 spiro atoms. The Bertz CT molecular complexity index is 1270. The lowest BCUT2D eigenvalue weighted by Crippen LogP contribution is -2.52. The van der Waals surface area contributed by atoms with Crippen LogP contribution in [0.2, 0.25) is 0 Å². The normalized spacial score (nSPS) is 22.9. The molecule has 2 aliphatic heterocycles. The van der Waals surface area contributed by atoms with Crippen molar-refractivity contribution in [2.24, 2.45) is 0 Å². The van der Waals surface area contributed by atoms with E-state index in [1.54, 1.807) is 24.3 Å². The molecule has 0 amide bonds. The van der Waals surface area contributed by atoms with Crippen LogP contribution in [0.5, 0.6) is 11.5 Å². The van der Waals surface area contributed by atoms with Crippen LogP contribution in [0.15, 0.2) is 58.3 Å². The van der Waals surface area contributed by atoms with Gasteiger partial charge in [0, 0.05) is 77.5 Å². The molecule has 2 aliphatic carbocycles. The molecule has 4 aliphatic rings. The van der Waals surface area contributed by atoms with Gasteiger partial charge in [0.2, 0.25) is 9.84 Å². The summed E-state index contributed by atoms with van der Waals surface area (Å²) in [4.78, 5) is 10.2. The minimum Gasteiger partial charge on any atom is -0.491 e. The van der Waals surface area contributed by atoms with E-state index in [9.17, 15) is 18.6 Å². The molecule has 11 heteroatoms. The van der Waals surface area contributed by atoms with Gasteiger partial charge >= 0.3 is 0 Å². The lowest BCUT2D eigenvalue weighted by Gasteiger charge is -2.41. The molecular weight excluding hydrogens is 641 g/mol. The summed E-state index contributed by atoms with van der Waals surface area (Å²) < 4.78 is 38.2. The number of benzene rings is 2. The van der Waals surface area contributed by atoms with E-state index >= 15 is 0 Å². The Morgan fingerprint density at radius 2 is 0.898 bits per heavy atom. The van der Waals surface area contributed by atoms with Gasteiger partial charge in [-0.05, 0) is 74.2 Å². The van der Waals surface area contributed by atoms with Gasteiger partial charge in [-0.25, -0.2) is 8.42 Å². The molecular formula is C38H58N4O6S. The first-order valence-electron chi connectivity index (χ1n) is 18.8. The third-order valence-electron chi connectivity index (χ3n) is 11.1. The molecule has 272 valence electrons. The van der Waals surface area contributed by atoms with Crippen molar-refractivity contribution in [2.75, 3.05) is 78.7 Å². The first kappa shape index (κ1) is 36.5. The van der Waals surface area contributed by atoms with Gasteiger partial charge in [-0.1, -0.05) is 38.5 Å². The van der Waals surface area contributed by atoms with Crippen molar-refractivity contribution in [3.05, 3.63) is 48.5 Å². The first-order chi connectivity index (χ1) is 23.8. The second-order valence-electron chi connectivity index (χ2n) is 14.6. The Morgan fingerprint density at radius 1 is 0.551 bits per heavy atom. The van der Waals surface area contributed by atoms with Gasteiger partial charge in [0.25, 0.3) is 0 Å². The van der Waals surface area contributed by atoms with Gasteiger partial charge in [-0.15, -0.1) is 0 Å². The average Bonchev–Trinajstić information content (AvgIpc) is 3.15. The van der Waals surface area contributed by atoms with Crippen LogP contribution in [0.3, 0.4) is 0 Å². The maximum Gasteiger partial charge on any atom is 0.206 e. The molecule has 2 saturated carbocycles. The zero-order valence-corrected chi connectivity index (χ0v) is 30.0. The second-order valence-corrected chi connectivity index (χ2v) is 16.6. The number of ether oxygens (including phenoxy) is 2. The van der Waals surface area contributed by atoms with Crippen LogP contribution in [0, 0.1) is 0 Å². The van der Waals surface area contributed by atoms with Gasteiger partial charge < -0.3 is 19.7 Å². The van der Waals surface area contributed by atoms with Crippen LogP contribution in [0.4, 0.5) is 0 Å². The van der Waals surface area contributed by atoms with Crippen LogP contribution < -0.4 is 9.47 Å². The summed E-state index contributed by atoms with van der Waals surface area (Å²) in [6.07, 6.45) is 12.2. The van der Waals surface area contributed by atoms with E-state index in [1.165, 1.54) is 88.5 Å². The maximum atomic E-state index is 13.3. The Balaban J connectivity index is 0.891. The molecule has 10 nitrogen and oxygen atoms in total. The SMILES string of the molecule is O=S(=O)(c1ccc(OC[C@H](O)CN2CCN(C3CCCCC3)CC2)cc1)c1ccc(OC[C@H](O)CN2CCN(C3CCCCC3)CC2)cc1. The van der Waals surface area contributed by atoms with E-state index in [1.807, 2.05) is 0 Å². The average molecular weight is 699 g/mol. The number of aliphatic hydroxyl groups excluding tert-OH is 2. The lowest BCUT2D eigenvalue weighted by molar-refractivity contribution is 0.0311. The highest BCUT2D eigenvalue weighted by atomic mass is 32.2. The van der Waals surface area contributed by atoms with E-state index in [4.69, 9.17) is 9.47 Å². The fraction of sp³-hybridized carbons (Fsp3) is 0.684. The zero-order chi connectivity index (χ0) is 34.1. The number of piperazine rings is 2. The molecule has 2 saturated heterocycles. The number of hydrogen-bond donors (Lipinski definition) is 2. The fourth-order valence-corrected chi connectivity index (χ4v) is 9.43. The van der Waals surface area contributed by atoms with E-state index in [0.29, 0.717) is 24.6 Å². The predicted octanol–water partition coefficient (Wildman–Crippen LogP) is 3.90. The van der Waals surface area contributed by atoms with Crippen molar-refractivity contribution in [3.63, 3.8) is 0 Å². The Labute approximate surface area is 293 Å². The summed E-state index contributed by atoms with van der Waals surface area (Å²) in [5, 5.41) is 21.2. The summed E-state index contributed by atoms with van der Waals surface area (Å²) >= 11 is 0. The monoisotopic (exact) mass is 698 g/mol. The topological polar surface area (TPSA) is 106 Å². The van der Waals surface area contributed by atoms with Gasteiger partial charge in [0.05, 0.1) is 9.79 Å². The Hall–Kier alpha value is -2.25. The van der Waals surface area contributed by atoms with Gasteiger partial charge in [0.15, 0.2) is 0 Å². The molecule has 2 aromatic rings. The number of aliphatic hydroxyl groups is 2. The van der Waals surface area contributed by atoms with Crippen molar-refractivity contribution >= 4 is 9.84 Å². The number of rotatable bonds is 14. The Morgan fingerprint density at radius 3 is 1.24 bits per heavy atom. The number of hydrogen-bond acceptors (Lipinski definition) is 10. The summed E-state index contributed by atoms with van der Waals surface area (Å²) in [5.41, 5.74) is 0. The molecule has 0 unspecified atom stereocenters. The molecule has 6 rings (SSSR count). The fourth-order valence-electron chi connectivity index (χ4n) is 8.17. The van der Waals surface area contributed by atoms with E-state index in [-0.39, 0.29) is 23.0 Å². The lowest BCUT2D eigenvalue weighted by atomic mass is 9.94. The molecule has 2 heterocycles. The summed E-state index contributed by atoms with van der Waals surface area (Å²) in [7, 11) is -3.73. The van der Waals surface area contributed by atoms with Crippen molar-refractivity contribution in [1.82, 2.24) is 19.6 Å². The highest BCUT2D eigenvalue weighted by Gasteiger charge is 2.27. The van der Waals surface area contributed by atoms with Crippen molar-refractivity contribution in [1.29, 1.82) is 0 Å². The van der Waals surface area contributed by atoms with Gasteiger partial charge in [0.1, 0.15) is 36.9 Å². The quantitative estimate of drug-likeness (QED) is 0.302. The van der Waals surface area contributed by atoms with Crippen LogP contribution in [-0.4, -0.2) is 141 Å². The van der Waals surface area contributed by atoms with Crippen LogP contribution >= 0.6 is 0 Å². The van der Waals surface area contributed by atoms with E-state index < -0.39 is 22.0 Å². The van der Waals surface area contributed by atoms with Gasteiger partial charge in [-0.3, -0.25) is 19.6 Å². The second kappa shape index (κ2) is 17.8.